The molecule has 0 radical (unpaired) electrons. The predicted molar refractivity (Wildman–Crippen MR) is 110 cm³/mol. The first-order chi connectivity index (χ1) is 13.6. The number of carbonyl (C=O) groups excluding carboxylic acids is 1. The third kappa shape index (κ3) is 4.70. The van der Waals surface area contributed by atoms with Gasteiger partial charge in [-0.15, -0.1) is 0 Å². The summed E-state index contributed by atoms with van der Waals surface area (Å²) in [6.07, 6.45) is 2.81. The van der Waals surface area contributed by atoms with Crippen LogP contribution in [0.15, 0.2) is 27.6 Å². The van der Waals surface area contributed by atoms with Crippen LogP contribution in [0.2, 0.25) is 0 Å². The Labute approximate surface area is 169 Å². The van der Waals surface area contributed by atoms with Gasteiger partial charge in [-0.3, -0.25) is 4.79 Å². The molecule has 9 nitrogen and oxygen atoms in total. The van der Waals surface area contributed by atoms with Gasteiger partial charge in [-0.05, 0) is 42.7 Å². The summed E-state index contributed by atoms with van der Waals surface area (Å²) in [4.78, 5) is 25.5. The number of piperazine rings is 1. The second-order valence-corrected chi connectivity index (χ2v) is 9.32. The van der Waals surface area contributed by atoms with E-state index in [4.69, 9.17) is 4.52 Å². The van der Waals surface area contributed by atoms with E-state index in [-0.39, 0.29) is 12.6 Å². The van der Waals surface area contributed by atoms with E-state index in [9.17, 15) is 18.0 Å². The number of nitrogens with zero attached hydrogens (tertiary/aromatic N) is 3. The summed E-state index contributed by atoms with van der Waals surface area (Å²) in [5.41, 5.74) is 3.76. The number of nitrogens with one attached hydrogen (secondary N) is 1. The van der Waals surface area contributed by atoms with Crippen LogP contribution in [0.1, 0.15) is 18.1 Å². The number of carbonyl (C=O) groups is 1. The Bertz CT molecular complexity index is 1060. The van der Waals surface area contributed by atoms with E-state index in [1.54, 1.807) is 6.20 Å². The zero-order valence-corrected chi connectivity index (χ0v) is 17.9. The number of sulfonamides is 1. The molecule has 1 aromatic carbocycles. The lowest BCUT2D eigenvalue weighted by Gasteiger charge is -2.36. The molecule has 29 heavy (non-hydrogen) atoms. The van der Waals surface area contributed by atoms with Gasteiger partial charge in [-0.1, -0.05) is 0 Å². The summed E-state index contributed by atoms with van der Waals surface area (Å²) >= 11 is 0. The minimum atomic E-state index is -3.17. The SMILES string of the molecule is CC(=O)NCn1cc(-c2cc(C)c(N3CCN(S(C)(=O)=O)CC3)c(C)c2)c(=O)o1. The van der Waals surface area contributed by atoms with Gasteiger partial charge in [0.05, 0.1) is 18.0 Å². The molecule has 1 amide bonds. The molecule has 0 bridgehead atoms. The monoisotopic (exact) mass is 422 g/mol. The van der Waals surface area contributed by atoms with Crippen LogP contribution < -0.4 is 15.8 Å². The van der Waals surface area contributed by atoms with Gasteiger partial charge >= 0.3 is 5.63 Å². The van der Waals surface area contributed by atoms with Crippen molar-refractivity contribution in [1.82, 2.24) is 14.4 Å². The van der Waals surface area contributed by atoms with Crippen LogP contribution >= 0.6 is 0 Å². The maximum Gasteiger partial charge on any atom is 0.365 e. The standard InChI is InChI=1S/C19H26N4O5S/c1-13-9-16(17-11-22(28-19(17)25)12-20-15(3)24)10-14(2)18(13)21-5-7-23(8-6-21)29(4,26)27/h9-11H,5-8,12H2,1-4H3,(H,20,24). The van der Waals surface area contributed by atoms with Crippen LogP contribution in [-0.4, -0.2) is 55.8 Å². The summed E-state index contributed by atoms with van der Waals surface area (Å²) in [5, 5.41) is 2.58. The molecule has 2 aromatic rings. The minimum Gasteiger partial charge on any atom is -0.368 e. The normalized spacial score (nSPS) is 15.5. The minimum absolute atomic E-state index is 0.0885. The highest BCUT2D eigenvalue weighted by atomic mass is 32.2. The van der Waals surface area contributed by atoms with E-state index in [2.05, 4.69) is 10.2 Å². The highest BCUT2D eigenvalue weighted by Crippen LogP contribution is 2.31. The molecule has 2 heterocycles. The first-order valence-electron chi connectivity index (χ1n) is 9.33. The van der Waals surface area contributed by atoms with E-state index in [1.807, 2.05) is 26.0 Å². The highest BCUT2D eigenvalue weighted by molar-refractivity contribution is 7.88. The highest BCUT2D eigenvalue weighted by Gasteiger charge is 2.25. The number of hydrogen-bond donors (Lipinski definition) is 1. The van der Waals surface area contributed by atoms with Crippen LogP contribution in [0, 0.1) is 13.8 Å². The smallest absolute Gasteiger partial charge is 0.365 e. The Morgan fingerprint density at radius 1 is 1.14 bits per heavy atom. The van der Waals surface area contributed by atoms with Crippen LogP contribution in [0.3, 0.4) is 0 Å². The van der Waals surface area contributed by atoms with Crippen molar-refractivity contribution in [2.24, 2.45) is 0 Å². The molecule has 0 atom stereocenters. The van der Waals surface area contributed by atoms with Crippen molar-refractivity contribution in [2.75, 3.05) is 37.3 Å². The van der Waals surface area contributed by atoms with Gasteiger partial charge in [0.25, 0.3) is 0 Å². The molecule has 1 aromatic heterocycles. The quantitative estimate of drug-likeness (QED) is 0.768. The van der Waals surface area contributed by atoms with Gasteiger partial charge in [-0.2, -0.15) is 9.05 Å². The lowest BCUT2D eigenvalue weighted by Crippen LogP contribution is -2.48. The molecule has 0 aliphatic carbocycles. The summed E-state index contributed by atoms with van der Waals surface area (Å²) in [5.74, 6) is -0.213. The Morgan fingerprint density at radius 2 is 1.72 bits per heavy atom. The van der Waals surface area contributed by atoms with Crippen molar-refractivity contribution >= 4 is 21.6 Å². The maximum atomic E-state index is 12.3. The second kappa shape index (κ2) is 8.03. The summed E-state index contributed by atoms with van der Waals surface area (Å²) in [7, 11) is -3.17. The average molecular weight is 423 g/mol. The molecule has 1 aliphatic heterocycles. The lowest BCUT2D eigenvalue weighted by molar-refractivity contribution is -0.119. The van der Waals surface area contributed by atoms with Gasteiger partial charge in [-0.25, -0.2) is 13.2 Å². The Hall–Kier alpha value is -2.59. The van der Waals surface area contributed by atoms with Crippen LogP contribution in [0.25, 0.3) is 11.1 Å². The van der Waals surface area contributed by atoms with Crippen molar-refractivity contribution in [1.29, 1.82) is 0 Å². The van der Waals surface area contributed by atoms with E-state index in [0.717, 1.165) is 22.4 Å². The van der Waals surface area contributed by atoms with Gasteiger partial charge in [0.2, 0.25) is 15.9 Å². The van der Waals surface area contributed by atoms with E-state index in [1.165, 1.54) is 22.2 Å². The van der Waals surface area contributed by atoms with Gasteiger partial charge in [0, 0.05) is 38.8 Å². The first-order valence-corrected chi connectivity index (χ1v) is 11.2. The third-order valence-corrected chi connectivity index (χ3v) is 6.31. The first kappa shape index (κ1) is 21.1. The third-order valence-electron chi connectivity index (χ3n) is 5.00. The number of hydrogen-bond acceptors (Lipinski definition) is 6. The number of amides is 1. The Balaban J connectivity index is 1.84. The summed E-state index contributed by atoms with van der Waals surface area (Å²) in [6, 6.07) is 3.86. The van der Waals surface area contributed by atoms with Crippen LogP contribution in [-0.2, 0) is 21.5 Å². The Kier molecular flexibility index (Phi) is 5.85. The topological polar surface area (TPSA) is 105 Å². The van der Waals surface area contributed by atoms with Crippen LogP contribution in [0.5, 0.6) is 0 Å². The van der Waals surface area contributed by atoms with Gasteiger partial charge in [0.15, 0.2) is 0 Å². The summed E-state index contributed by atoms with van der Waals surface area (Å²) < 4.78 is 31.4. The molecule has 1 saturated heterocycles. The van der Waals surface area contributed by atoms with E-state index in [0.29, 0.717) is 31.7 Å². The van der Waals surface area contributed by atoms with Gasteiger partial charge in [0.1, 0.15) is 6.67 Å². The molecule has 158 valence electrons. The largest absolute Gasteiger partial charge is 0.368 e. The van der Waals surface area contributed by atoms with E-state index >= 15 is 0 Å². The molecular formula is C19H26N4O5S. The zero-order chi connectivity index (χ0) is 21.3. The fourth-order valence-corrected chi connectivity index (χ4v) is 4.52. The van der Waals surface area contributed by atoms with Crippen LogP contribution in [0.4, 0.5) is 5.69 Å². The molecule has 3 rings (SSSR count). The molecule has 1 aliphatic rings. The lowest BCUT2D eigenvalue weighted by atomic mass is 9.99. The fourth-order valence-electron chi connectivity index (χ4n) is 3.69. The van der Waals surface area contributed by atoms with Crippen molar-refractivity contribution in [3.8, 4) is 11.1 Å². The number of aromatic nitrogens is 1. The zero-order valence-electron chi connectivity index (χ0n) is 17.1. The predicted octanol–water partition coefficient (Wildman–Crippen LogP) is 0.900. The molecular weight excluding hydrogens is 396 g/mol. The summed E-state index contributed by atoms with van der Waals surface area (Å²) in [6.45, 7) is 7.57. The number of aryl methyl sites for hydroxylation is 2. The maximum absolute atomic E-state index is 12.3. The van der Waals surface area contributed by atoms with E-state index < -0.39 is 15.6 Å². The number of anilines is 1. The van der Waals surface area contributed by atoms with Crippen molar-refractivity contribution in [3.63, 3.8) is 0 Å². The molecule has 1 N–H and O–H groups in total. The fraction of sp³-hybridized carbons (Fsp3) is 0.474. The number of benzene rings is 1. The molecule has 0 spiro atoms. The van der Waals surface area contributed by atoms with Crippen molar-refractivity contribution in [2.45, 2.75) is 27.4 Å². The average Bonchev–Trinajstić information content (AvgIpc) is 3.00. The van der Waals surface area contributed by atoms with Gasteiger partial charge < -0.3 is 14.7 Å². The molecule has 0 unspecified atom stereocenters. The second-order valence-electron chi connectivity index (χ2n) is 7.34. The number of rotatable bonds is 5. The van der Waals surface area contributed by atoms with Crippen molar-refractivity contribution < 1.29 is 17.7 Å². The molecule has 1 fully saturated rings. The Morgan fingerprint density at radius 3 is 2.24 bits per heavy atom. The van der Waals surface area contributed by atoms with Crippen molar-refractivity contribution in [3.05, 3.63) is 39.9 Å². The molecule has 0 saturated carbocycles. The molecule has 10 heteroatoms.